The number of benzene rings is 1. The average Bonchev–Trinajstić information content (AvgIpc) is 3.34. The van der Waals surface area contributed by atoms with E-state index in [0.717, 1.165) is 25.2 Å². The second-order valence-electron chi connectivity index (χ2n) is 6.72. The first-order valence-electron chi connectivity index (χ1n) is 8.94. The molecule has 1 aromatic heterocycles. The van der Waals surface area contributed by atoms with E-state index < -0.39 is 0 Å². The largest absolute Gasteiger partial charge is 0.491 e. The standard InChI is InChI=1S/C20H26N2O3S/c1-22(2)19(16-9-11-26-14-16)12-21-20(23)15-5-7-17(8-6-15)25-13-18-4-3-10-24-18/h5-9,11,14,18-19H,3-4,10,12-13H2,1-2H3,(H,21,23)/t18-,19+/m0/s1. The molecule has 1 amide bonds. The van der Waals surface area contributed by atoms with Crippen LogP contribution in [-0.4, -0.2) is 50.8 Å². The number of likely N-dealkylation sites (N-methyl/N-ethyl adjacent to an activating group) is 1. The van der Waals surface area contributed by atoms with Crippen molar-refractivity contribution in [1.29, 1.82) is 0 Å². The Hall–Kier alpha value is -1.89. The molecule has 2 heterocycles. The molecule has 5 nitrogen and oxygen atoms in total. The highest BCUT2D eigenvalue weighted by Gasteiger charge is 2.17. The van der Waals surface area contributed by atoms with Crippen molar-refractivity contribution in [2.75, 3.05) is 33.9 Å². The molecule has 1 fully saturated rings. The molecule has 2 atom stereocenters. The van der Waals surface area contributed by atoms with Crippen LogP contribution in [0.25, 0.3) is 0 Å². The molecular weight excluding hydrogens is 348 g/mol. The molecule has 0 bridgehead atoms. The van der Waals surface area contributed by atoms with E-state index in [0.29, 0.717) is 18.7 Å². The van der Waals surface area contributed by atoms with Crippen LogP contribution in [0.3, 0.4) is 0 Å². The molecule has 0 radical (unpaired) electrons. The summed E-state index contributed by atoms with van der Waals surface area (Å²) in [6.45, 7) is 1.96. The summed E-state index contributed by atoms with van der Waals surface area (Å²) in [6.07, 6.45) is 2.35. The fourth-order valence-electron chi connectivity index (χ4n) is 3.02. The number of ether oxygens (including phenoxy) is 2. The third-order valence-corrected chi connectivity index (χ3v) is 5.29. The first kappa shape index (κ1) is 18.9. The fourth-order valence-corrected chi connectivity index (χ4v) is 3.73. The van der Waals surface area contributed by atoms with E-state index in [2.05, 4.69) is 27.0 Å². The van der Waals surface area contributed by atoms with Crippen molar-refractivity contribution in [2.45, 2.75) is 25.0 Å². The summed E-state index contributed by atoms with van der Waals surface area (Å²) in [6, 6.07) is 9.55. The second-order valence-corrected chi connectivity index (χ2v) is 7.50. The average molecular weight is 375 g/mol. The Morgan fingerprint density at radius 3 is 2.77 bits per heavy atom. The monoisotopic (exact) mass is 374 g/mol. The van der Waals surface area contributed by atoms with Crippen molar-refractivity contribution < 1.29 is 14.3 Å². The van der Waals surface area contributed by atoms with Gasteiger partial charge in [-0.3, -0.25) is 4.79 Å². The number of rotatable bonds is 8. The van der Waals surface area contributed by atoms with E-state index in [9.17, 15) is 4.79 Å². The number of thiophene rings is 1. The molecule has 2 aromatic rings. The van der Waals surface area contributed by atoms with Crippen molar-refractivity contribution in [3.05, 3.63) is 52.2 Å². The zero-order chi connectivity index (χ0) is 18.4. The highest BCUT2D eigenvalue weighted by atomic mass is 32.1. The number of nitrogens with one attached hydrogen (secondary N) is 1. The van der Waals surface area contributed by atoms with Gasteiger partial charge in [0.1, 0.15) is 12.4 Å². The van der Waals surface area contributed by atoms with Gasteiger partial charge in [-0.05, 0) is 73.6 Å². The molecule has 26 heavy (non-hydrogen) atoms. The van der Waals surface area contributed by atoms with E-state index in [1.165, 1.54) is 5.56 Å². The van der Waals surface area contributed by atoms with Crippen LogP contribution in [0.1, 0.15) is 34.8 Å². The number of nitrogens with zero attached hydrogens (tertiary/aromatic N) is 1. The van der Waals surface area contributed by atoms with Crippen molar-refractivity contribution in [3.8, 4) is 5.75 Å². The molecule has 1 saturated heterocycles. The van der Waals surface area contributed by atoms with Gasteiger partial charge in [-0.2, -0.15) is 11.3 Å². The summed E-state index contributed by atoms with van der Waals surface area (Å²) in [5.74, 6) is 0.694. The Kier molecular flexibility index (Phi) is 6.66. The Bertz CT molecular complexity index is 680. The van der Waals surface area contributed by atoms with Crippen LogP contribution in [0.15, 0.2) is 41.1 Å². The van der Waals surface area contributed by atoms with Gasteiger partial charge in [0.2, 0.25) is 0 Å². The van der Waals surface area contributed by atoms with Crippen LogP contribution in [0.5, 0.6) is 5.75 Å². The van der Waals surface area contributed by atoms with Gasteiger partial charge in [0.05, 0.1) is 12.1 Å². The predicted octanol–water partition coefficient (Wildman–Crippen LogP) is 3.34. The van der Waals surface area contributed by atoms with Gasteiger partial charge in [0.25, 0.3) is 5.91 Å². The molecule has 0 saturated carbocycles. The Labute approximate surface area is 158 Å². The molecule has 1 aliphatic heterocycles. The molecule has 1 aromatic carbocycles. The number of hydrogen-bond acceptors (Lipinski definition) is 5. The summed E-state index contributed by atoms with van der Waals surface area (Å²) >= 11 is 1.67. The molecule has 3 rings (SSSR count). The lowest BCUT2D eigenvalue weighted by Crippen LogP contribution is -2.34. The number of hydrogen-bond donors (Lipinski definition) is 1. The van der Waals surface area contributed by atoms with Gasteiger partial charge < -0.3 is 19.7 Å². The molecule has 1 aliphatic rings. The molecule has 1 N–H and O–H groups in total. The summed E-state index contributed by atoms with van der Waals surface area (Å²) in [4.78, 5) is 14.5. The van der Waals surface area contributed by atoms with Crippen LogP contribution in [0, 0.1) is 0 Å². The lowest BCUT2D eigenvalue weighted by Gasteiger charge is -2.24. The number of carbonyl (C=O) groups excluding carboxylic acids is 1. The fraction of sp³-hybridized carbons (Fsp3) is 0.450. The third-order valence-electron chi connectivity index (χ3n) is 4.58. The lowest BCUT2D eigenvalue weighted by molar-refractivity contribution is 0.0679. The minimum absolute atomic E-state index is 0.0715. The maximum Gasteiger partial charge on any atom is 0.251 e. The van der Waals surface area contributed by atoms with Crippen LogP contribution in [-0.2, 0) is 4.74 Å². The maximum atomic E-state index is 12.4. The minimum atomic E-state index is -0.0715. The van der Waals surface area contributed by atoms with E-state index in [1.54, 1.807) is 23.5 Å². The minimum Gasteiger partial charge on any atom is -0.491 e. The summed E-state index contributed by atoms with van der Waals surface area (Å²) in [7, 11) is 4.05. The summed E-state index contributed by atoms with van der Waals surface area (Å²) < 4.78 is 11.3. The van der Waals surface area contributed by atoms with Crippen LogP contribution in [0.2, 0.25) is 0 Å². The molecule has 0 aliphatic carbocycles. The second kappa shape index (κ2) is 9.16. The van der Waals surface area contributed by atoms with Gasteiger partial charge in [0.15, 0.2) is 0 Å². The topological polar surface area (TPSA) is 50.8 Å². The van der Waals surface area contributed by atoms with E-state index in [1.807, 2.05) is 26.2 Å². The van der Waals surface area contributed by atoms with Gasteiger partial charge >= 0.3 is 0 Å². The SMILES string of the molecule is CN(C)[C@H](CNC(=O)c1ccc(OC[C@@H]2CCCO2)cc1)c1ccsc1. The highest BCUT2D eigenvalue weighted by Crippen LogP contribution is 2.20. The van der Waals surface area contributed by atoms with Gasteiger partial charge in [-0.25, -0.2) is 0 Å². The van der Waals surface area contributed by atoms with Crippen molar-refractivity contribution in [3.63, 3.8) is 0 Å². The molecular formula is C20H26N2O3S. The van der Waals surface area contributed by atoms with Crippen LogP contribution < -0.4 is 10.1 Å². The quantitative estimate of drug-likeness (QED) is 0.770. The number of carbonyl (C=O) groups is 1. The van der Waals surface area contributed by atoms with Crippen molar-refractivity contribution in [1.82, 2.24) is 10.2 Å². The van der Waals surface area contributed by atoms with E-state index in [-0.39, 0.29) is 18.1 Å². The molecule has 0 spiro atoms. The van der Waals surface area contributed by atoms with Gasteiger partial charge in [0, 0.05) is 18.7 Å². The zero-order valence-electron chi connectivity index (χ0n) is 15.3. The van der Waals surface area contributed by atoms with Crippen molar-refractivity contribution >= 4 is 17.2 Å². The zero-order valence-corrected chi connectivity index (χ0v) is 16.1. The lowest BCUT2D eigenvalue weighted by atomic mass is 10.1. The van der Waals surface area contributed by atoms with Crippen molar-refractivity contribution in [2.24, 2.45) is 0 Å². The Morgan fingerprint density at radius 1 is 1.35 bits per heavy atom. The van der Waals surface area contributed by atoms with Crippen LogP contribution in [0.4, 0.5) is 0 Å². The number of amides is 1. The van der Waals surface area contributed by atoms with Gasteiger partial charge in [-0.15, -0.1) is 0 Å². The normalized spacial score (nSPS) is 18.0. The maximum absolute atomic E-state index is 12.4. The first-order valence-corrected chi connectivity index (χ1v) is 9.89. The highest BCUT2D eigenvalue weighted by molar-refractivity contribution is 7.07. The van der Waals surface area contributed by atoms with E-state index in [4.69, 9.17) is 9.47 Å². The molecule has 6 heteroatoms. The molecule has 140 valence electrons. The predicted molar refractivity (Wildman–Crippen MR) is 104 cm³/mol. The summed E-state index contributed by atoms with van der Waals surface area (Å²) in [5.41, 5.74) is 1.86. The third kappa shape index (κ3) is 5.06. The molecule has 0 unspecified atom stereocenters. The van der Waals surface area contributed by atoms with E-state index >= 15 is 0 Å². The smallest absolute Gasteiger partial charge is 0.251 e. The van der Waals surface area contributed by atoms with Gasteiger partial charge in [-0.1, -0.05) is 0 Å². The summed E-state index contributed by atoms with van der Waals surface area (Å²) in [5, 5.41) is 7.21. The Morgan fingerprint density at radius 2 is 2.15 bits per heavy atom. The first-order chi connectivity index (χ1) is 12.6. The Balaban J connectivity index is 1.50. The van der Waals surface area contributed by atoms with Crippen LogP contribution >= 0.6 is 11.3 Å².